The predicted octanol–water partition coefficient (Wildman–Crippen LogP) is 3.13. The Morgan fingerprint density at radius 3 is 2.55 bits per heavy atom. The lowest BCUT2D eigenvalue weighted by Gasteiger charge is -2.32. The highest BCUT2D eigenvalue weighted by Gasteiger charge is 2.24. The number of aromatic nitrogens is 2. The van der Waals surface area contributed by atoms with Gasteiger partial charge in [0.2, 0.25) is 0 Å². The number of hydrogen-bond acceptors (Lipinski definition) is 2. The van der Waals surface area contributed by atoms with Crippen molar-refractivity contribution in [2.45, 2.75) is 39.8 Å². The minimum absolute atomic E-state index is 0.223. The van der Waals surface area contributed by atoms with Gasteiger partial charge in [0.15, 0.2) is 0 Å². The van der Waals surface area contributed by atoms with Crippen LogP contribution in [0.2, 0.25) is 0 Å². The van der Waals surface area contributed by atoms with Crippen LogP contribution in [-0.2, 0) is 13.0 Å². The van der Waals surface area contributed by atoms with E-state index in [1.807, 2.05) is 18.7 Å². The predicted molar refractivity (Wildman–Crippen MR) is 83.6 cm³/mol. The summed E-state index contributed by atoms with van der Waals surface area (Å²) in [6.45, 7) is 8.80. The van der Waals surface area contributed by atoms with Gasteiger partial charge in [0.1, 0.15) is 0 Å². The van der Waals surface area contributed by atoms with Crippen molar-refractivity contribution < 1.29 is 0 Å². The number of nitrogens with one attached hydrogen (secondary N) is 1. The Morgan fingerprint density at radius 2 is 1.95 bits per heavy atom. The molecule has 1 N–H and O–H groups in total. The van der Waals surface area contributed by atoms with E-state index in [1.54, 1.807) is 0 Å². The third kappa shape index (κ3) is 4.49. The van der Waals surface area contributed by atoms with Crippen LogP contribution in [-0.4, -0.2) is 22.1 Å². The average Bonchev–Trinajstić information content (AvgIpc) is 2.91. The maximum absolute atomic E-state index is 4.12. The van der Waals surface area contributed by atoms with Crippen LogP contribution in [0.15, 0.2) is 49.1 Å². The summed E-state index contributed by atoms with van der Waals surface area (Å²) in [5, 5.41) is 3.70. The number of rotatable bonds is 6. The van der Waals surface area contributed by atoms with E-state index >= 15 is 0 Å². The SMILES string of the molecule is CC(C)(C)C(Cn1ccnc1)NCCc1ccccc1. The minimum Gasteiger partial charge on any atom is -0.336 e. The van der Waals surface area contributed by atoms with Crippen LogP contribution in [0.5, 0.6) is 0 Å². The van der Waals surface area contributed by atoms with Crippen molar-refractivity contribution in [2.75, 3.05) is 6.54 Å². The molecule has 1 atom stereocenters. The number of benzene rings is 1. The normalized spacial score (nSPS) is 13.3. The summed E-state index contributed by atoms with van der Waals surface area (Å²) < 4.78 is 2.14. The molecule has 108 valence electrons. The molecule has 2 rings (SSSR count). The smallest absolute Gasteiger partial charge is 0.0946 e. The molecule has 3 nitrogen and oxygen atoms in total. The summed E-state index contributed by atoms with van der Waals surface area (Å²) in [5.41, 5.74) is 1.61. The monoisotopic (exact) mass is 271 g/mol. The first-order chi connectivity index (χ1) is 9.55. The van der Waals surface area contributed by atoms with Crippen LogP contribution < -0.4 is 5.32 Å². The van der Waals surface area contributed by atoms with Crippen LogP contribution in [0.1, 0.15) is 26.3 Å². The van der Waals surface area contributed by atoms with Crippen molar-refractivity contribution in [3.05, 3.63) is 54.6 Å². The second-order valence-electron chi connectivity index (χ2n) is 6.37. The van der Waals surface area contributed by atoms with Gasteiger partial charge in [-0.15, -0.1) is 0 Å². The minimum atomic E-state index is 0.223. The van der Waals surface area contributed by atoms with Gasteiger partial charge in [-0.25, -0.2) is 4.98 Å². The van der Waals surface area contributed by atoms with Gasteiger partial charge >= 0.3 is 0 Å². The summed E-state index contributed by atoms with van der Waals surface area (Å²) in [6, 6.07) is 11.1. The van der Waals surface area contributed by atoms with Gasteiger partial charge < -0.3 is 9.88 Å². The highest BCUT2D eigenvalue weighted by molar-refractivity contribution is 5.14. The fourth-order valence-corrected chi connectivity index (χ4v) is 2.29. The molecule has 1 heterocycles. The largest absolute Gasteiger partial charge is 0.336 e. The molecule has 1 aromatic carbocycles. The second-order valence-corrected chi connectivity index (χ2v) is 6.37. The zero-order valence-corrected chi connectivity index (χ0v) is 12.7. The summed E-state index contributed by atoms with van der Waals surface area (Å²) in [7, 11) is 0. The third-order valence-corrected chi connectivity index (χ3v) is 3.65. The topological polar surface area (TPSA) is 29.9 Å². The van der Waals surface area contributed by atoms with Crippen molar-refractivity contribution in [3.8, 4) is 0 Å². The van der Waals surface area contributed by atoms with E-state index in [4.69, 9.17) is 0 Å². The first kappa shape index (κ1) is 14.8. The average molecular weight is 271 g/mol. The zero-order valence-electron chi connectivity index (χ0n) is 12.7. The molecule has 2 aromatic rings. The second kappa shape index (κ2) is 6.71. The Kier molecular flexibility index (Phi) is 4.96. The van der Waals surface area contributed by atoms with E-state index in [2.05, 4.69) is 66.0 Å². The van der Waals surface area contributed by atoms with E-state index in [0.717, 1.165) is 19.5 Å². The molecule has 0 spiro atoms. The first-order valence-corrected chi connectivity index (χ1v) is 7.29. The molecule has 0 aliphatic heterocycles. The van der Waals surface area contributed by atoms with Gasteiger partial charge in [0.25, 0.3) is 0 Å². The van der Waals surface area contributed by atoms with Crippen molar-refractivity contribution >= 4 is 0 Å². The van der Waals surface area contributed by atoms with Crippen molar-refractivity contribution in [1.29, 1.82) is 0 Å². The Bertz CT molecular complexity index is 483. The molecule has 3 heteroatoms. The highest BCUT2D eigenvalue weighted by atomic mass is 15.1. The van der Waals surface area contributed by atoms with Crippen molar-refractivity contribution in [2.24, 2.45) is 5.41 Å². The lowest BCUT2D eigenvalue weighted by molar-refractivity contribution is 0.243. The molecule has 0 saturated carbocycles. The van der Waals surface area contributed by atoms with Crippen LogP contribution in [0.25, 0.3) is 0 Å². The number of imidazole rings is 1. The van der Waals surface area contributed by atoms with Crippen molar-refractivity contribution in [3.63, 3.8) is 0 Å². The molecule has 0 amide bonds. The van der Waals surface area contributed by atoms with Crippen LogP contribution >= 0.6 is 0 Å². The quantitative estimate of drug-likeness (QED) is 0.875. The van der Waals surface area contributed by atoms with Gasteiger partial charge in [-0.2, -0.15) is 0 Å². The standard InChI is InChI=1S/C17H25N3/c1-17(2,3)16(13-20-12-11-18-14-20)19-10-9-15-7-5-4-6-8-15/h4-8,11-12,14,16,19H,9-10,13H2,1-3H3. The Balaban J connectivity index is 1.88. The fourth-order valence-electron chi connectivity index (χ4n) is 2.29. The van der Waals surface area contributed by atoms with Gasteiger partial charge in [0.05, 0.1) is 6.33 Å². The molecule has 0 radical (unpaired) electrons. The van der Waals surface area contributed by atoms with Gasteiger partial charge in [-0.3, -0.25) is 0 Å². The molecule has 20 heavy (non-hydrogen) atoms. The third-order valence-electron chi connectivity index (χ3n) is 3.65. The summed E-state index contributed by atoms with van der Waals surface area (Å²) in [5.74, 6) is 0. The summed E-state index contributed by atoms with van der Waals surface area (Å²) in [4.78, 5) is 4.12. The molecular weight excluding hydrogens is 246 g/mol. The van der Waals surface area contributed by atoms with E-state index in [1.165, 1.54) is 5.56 Å². The molecule has 1 aromatic heterocycles. The first-order valence-electron chi connectivity index (χ1n) is 7.29. The molecule has 0 aliphatic rings. The molecule has 1 unspecified atom stereocenters. The van der Waals surface area contributed by atoms with Crippen LogP contribution in [0, 0.1) is 5.41 Å². The van der Waals surface area contributed by atoms with E-state index in [-0.39, 0.29) is 5.41 Å². The molecule has 0 aliphatic carbocycles. The maximum Gasteiger partial charge on any atom is 0.0946 e. The van der Waals surface area contributed by atoms with Gasteiger partial charge in [-0.1, -0.05) is 51.1 Å². The number of hydrogen-bond donors (Lipinski definition) is 1. The van der Waals surface area contributed by atoms with Gasteiger partial charge in [-0.05, 0) is 23.9 Å². The Hall–Kier alpha value is -1.61. The van der Waals surface area contributed by atoms with Gasteiger partial charge in [0, 0.05) is 25.0 Å². The lowest BCUT2D eigenvalue weighted by atomic mass is 9.86. The van der Waals surface area contributed by atoms with E-state index in [9.17, 15) is 0 Å². The zero-order chi connectivity index (χ0) is 14.4. The molecule has 0 bridgehead atoms. The summed E-state index contributed by atoms with van der Waals surface area (Å²) in [6.07, 6.45) is 6.82. The molecular formula is C17H25N3. The van der Waals surface area contributed by atoms with Crippen LogP contribution in [0.4, 0.5) is 0 Å². The highest BCUT2D eigenvalue weighted by Crippen LogP contribution is 2.20. The number of nitrogens with zero attached hydrogens (tertiary/aromatic N) is 2. The lowest BCUT2D eigenvalue weighted by Crippen LogP contribution is -2.44. The Morgan fingerprint density at radius 1 is 1.20 bits per heavy atom. The van der Waals surface area contributed by atoms with Crippen molar-refractivity contribution in [1.82, 2.24) is 14.9 Å². The van der Waals surface area contributed by atoms with E-state index < -0.39 is 0 Å². The van der Waals surface area contributed by atoms with E-state index in [0.29, 0.717) is 6.04 Å². The maximum atomic E-state index is 4.12. The molecule has 0 fully saturated rings. The summed E-state index contributed by atoms with van der Waals surface area (Å²) >= 11 is 0. The fraction of sp³-hybridized carbons (Fsp3) is 0.471. The Labute approximate surface area is 122 Å². The molecule has 0 saturated heterocycles. The van der Waals surface area contributed by atoms with Crippen LogP contribution in [0.3, 0.4) is 0 Å².